The Kier molecular flexibility index (Phi) is 4.99. The molecule has 0 aliphatic heterocycles. The van der Waals surface area contributed by atoms with Gasteiger partial charge in [-0.3, -0.25) is 9.59 Å². The normalized spacial score (nSPS) is 10.2. The van der Waals surface area contributed by atoms with Gasteiger partial charge < -0.3 is 10.6 Å². The maximum Gasteiger partial charge on any atom is 0.261 e. The van der Waals surface area contributed by atoms with Gasteiger partial charge in [-0.25, -0.2) is 8.78 Å². The lowest BCUT2D eigenvalue weighted by Gasteiger charge is -2.07. The monoisotopic (exact) mass is 310 g/mol. The minimum atomic E-state index is -0.921. The van der Waals surface area contributed by atoms with E-state index in [2.05, 4.69) is 10.6 Å². The van der Waals surface area contributed by atoms with Crippen molar-refractivity contribution in [3.05, 3.63) is 57.8 Å². The summed E-state index contributed by atoms with van der Waals surface area (Å²) in [6.45, 7) is 0.359. The molecule has 0 saturated carbocycles. The van der Waals surface area contributed by atoms with Crippen molar-refractivity contribution in [1.82, 2.24) is 10.6 Å². The molecular weight excluding hydrogens is 298 g/mol. The van der Waals surface area contributed by atoms with Crippen LogP contribution in [0.5, 0.6) is 0 Å². The predicted octanol–water partition coefficient (Wildman–Crippen LogP) is 2.19. The summed E-state index contributed by atoms with van der Waals surface area (Å²) in [5.41, 5.74) is -0.235. The number of carbonyl (C=O) groups is 2. The molecular formula is C14H12F2N2O2S. The number of thiophene rings is 1. The predicted molar refractivity (Wildman–Crippen MR) is 75.3 cm³/mol. The molecule has 21 heavy (non-hydrogen) atoms. The summed E-state index contributed by atoms with van der Waals surface area (Å²) in [5, 5.41) is 6.85. The summed E-state index contributed by atoms with van der Waals surface area (Å²) in [6.07, 6.45) is 0. The fraction of sp³-hybridized carbons (Fsp3) is 0.143. The van der Waals surface area contributed by atoms with Gasteiger partial charge in [0.05, 0.1) is 10.4 Å². The fourth-order valence-corrected chi connectivity index (χ4v) is 2.26. The molecule has 110 valence electrons. The Morgan fingerprint density at radius 2 is 1.76 bits per heavy atom. The van der Waals surface area contributed by atoms with Crippen molar-refractivity contribution in [1.29, 1.82) is 0 Å². The van der Waals surface area contributed by atoms with Crippen LogP contribution in [0.4, 0.5) is 8.78 Å². The number of hydrogen-bond acceptors (Lipinski definition) is 3. The second kappa shape index (κ2) is 6.94. The van der Waals surface area contributed by atoms with Crippen molar-refractivity contribution in [2.24, 2.45) is 0 Å². The van der Waals surface area contributed by atoms with E-state index in [1.165, 1.54) is 11.3 Å². The highest BCUT2D eigenvalue weighted by Crippen LogP contribution is 2.09. The topological polar surface area (TPSA) is 58.2 Å². The Balaban J connectivity index is 1.78. The molecule has 0 saturated heterocycles. The average molecular weight is 310 g/mol. The number of halogens is 2. The molecule has 0 fully saturated rings. The molecule has 0 atom stereocenters. The molecule has 2 aromatic rings. The molecule has 2 amide bonds. The van der Waals surface area contributed by atoms with Crippen molar-refractivity contribution in [2.45, 2.75) is 0 Å². The van der Waals surface area contributed by atoms with Gasteiger partial charge in [0, 0.05) is 19.2 Å². The van der Waals surface area contributed by atoms with Crippen LogP contribution in [-0.2, 0) is 0 Å². The van der Waals surface area contributed by atoms with Crippen LogP contribution in [0.1, 0.15) is 20.0 Å². The van der Waals surface area contributed by atoms with E-state index in [0.717, 1.165) is 12.1 Å². The largest absolute Gasteiger partial charge is 0.350 e. The third kappa shape index (κ3) is 4.09. The second-order valence-electron chi connectivity index (χ2n) is 4.11. The molecule has 0 unspecified atom stereocenters. The number of nitrogens with one attached hydrogen (secondary N) is 2. The molecule has 2 rings (SSSR count). The highest BCUT2D eigenvalue weighted by Gasteiger charge is 2.12. The standard InChI is InChI=1S/C14H12F2N2O2S/c15-9-3-4-10(11(16)8-9)13(19)17-5-6-18-14(20)12-2-1-7-21-12/h1-4,7-8H,5-6H2,(H,17,19)(H,18,20). The van der Waals surface area contributed by atoms with E-state index in [-0.39, 0.29) is 24.6 Å². The molecule has 0 aliphatic carbocycles. The van der Waals surface area contributed by atoms with Crippen molar-refractivity contribution in [2.75, 3.05) is 13.1 Å². The van der Waals surface area contributed by atoms with Crippen LogP contribution in [0.3, 0.4) is 0 Å². The third-order valence-electron chi connectivity index (χ3n) is 2.62. The quantitative estimate of drug-likeness (QED) is 0.832. The summed E-state index contributed by atoms with van der Waals surface area (Å²) in [6, 6.07) is 6.18. The lowest BCUT2D eigenvalue weighted by molar-refractivity contribution is 0.0927. The van der Waals surface area contributed by atoms with E-state index in [4.69, 9.17) is 0 Å². The lowest BCUT2D eigenvalue weighted by Crippen LogP contribution is -2.34. The van der Waals surface area contributed by atoms with E-state index in [9.17, 15) is 18.4 Å². The van der Waals surface area contributed by atoms with Gasteiger partial charge in [-0.05, 0) is 23.6 Å². The molecule has 1 aromatic carbocycles. The lowest BCUT2D eigenvalue weighted by atomic mass is 10.2. The maximum atomic E-state index is 13.4. The first-order valence-electron chi connectivity index (χ1n) is 6.13. The molecule has 2 N–H and O–H groups in total. The van der Waals surface area contributed by atoms with Crippen LogP contribution < -0.4 is 10.6 Å². The maximum absolute atomic E-state index is 13.4. The molecule has 0 aliphatic rings. The summed E-state index contributed by atoms with van der Waals surface area (Å²) in [5.74, 6) is -2.55. The Morgan fingerprint density at radius 3 is 2.38 bits per heavy atom. The fourth-order valence-electron chi connectivity index (χ4n) is 1.62. The van der Waals surface area contributed by atoms with Crippen LogP contribution in [0.25, 0.3) is 0 Å². The molecule has 7 heteroatoms. The zero-order valence-electron chi connectivity index (χ0n) is 10.9. The molecule has 0 radical (unpaired) electrons. The van der Waals surface area contributed by atoms with Crippen molar-refractivity contribution in [3.8, 4) is 0 Å². The second-order valence-corrected chi connectivity index (χ2v) is 5.06. The SMILES string of the molecule is O=C(NCCNC(=O)c1ccc(F)cc1F)c1cccs1. The zero-order valence-corrected chi connectivity index (χ0v) is 11.7. The van der Waals surface area contributed by atoms with E-state index in [0.29, 0.717) is 10.9 Å². The first-order chi connectivity index (χ1) is 10.1. The van der Waals surface area contributed by atoms with Gasteiger partial charge in [0.15, 0.2) is 0 Å². The van der Waals surface area contributed by atoms with Gasteiger partial charge in [-0.1, -0.05) is 6.07 Å². The van der Waals surface area contributed by atoms with Gasteiger partial charge in [-0.2, -0.15) is 0 Å². The van der Waals surface area contributed by atoms with Gasteiger partial charge in [-0.15, -0.1) is 11.3 Å². The van der Waals surface area contributed by atoms with Crippen LogP contribution in [0, 0.1) is 11.6 Å². The van der Waals surface area contributed by atoms with Crippen LogP contribution >= 0.6 is 11.3 Å². The van der Waals surface area contributed by atoms with Gasteiger partial charge in [0.1, 0.15) is 11.6 Å². The van der Waals surface area contributed by atoms with Gasteiger partial charge >= 0.3 is 0 Å². The van der Waals surface area contributed by atoms with Crippen LogP contribution in [0.2, 0.25) is 0 Å². The van der Waals surface area contributed by atoms with E-state index in [1.54, 1.807) is 17.5 Å². The van der Waals surface area contributed by atoms with Gasteiger partial charge in [0.2, 0.25) is 0 Å². The van der Waals surface area contributed by atoms with Crippen molar-refractivity contribution in [3.63, 3.8) is 0 Å². The Hall–Kier alpha value is -2.28. The average Bonchev–Trinajstić information content (AvgIpc) is 2.97. The molecule has 1 heterocycles. The summed E-state index contributed by atoms with van der Waals surface area (Å²) >= 11 is 1.31. The smallest absolute Gasteiger partial charge is 0.261 e. The van der Waals surface area contributed by atoms with Gasteiger partial charge in [0.25, 0.3) is 11.8 Å². The number of benzene rings is 1. The molecule has 0 bridgehead atoms. The number of amides is 2. The molecule has 1 aromatic heterocycles. The Morgan fingerprint density at radius 1 is 1.05 bits per heavy atom. The van der Waals surface area contributed by atoms with Crippen LogP contribution in [-0.4, -0.2) is 24.9 Å². The summed E-state index contributed by atoms with van der Waals surface area (Å²) < 4.78 is 26.1. The number of hydrogen-bond donors (Lipinski definition) is 2. The zero-order chi connectivity index (χ0) is 15.2. The molecule has 0 spiro atoms. The number of rotatable bonds is 5. The highest BCUT2D eigenvalue weighted by molar-refractivity contribution is 7.12. The third-order valence-corrected chi connectivity index (χ3v) is 3.49. The van der Waals surface area contributed by atoms with Crippen molar-refractivity contribution >= 4 is 23.2 Å². The van der Waals surface area contributed by atoms with Crippen molar-refractivity contribution < 1.29 is 18.4 Å². The van der Waals surface area contributed by atoms with Crippen LogP contribution in [0.15, 0.2) is 35.7 Å². The minimum absolute atomic E-state index is 0.146. The summed E-state index contributed by atoms with van der Waals surface area (Å²) in [4.78, 5) is 23.8. The Bertz CT molecular complexity index is 644. The number of carbonyl (C=O) groups excluding carboxylic acids is 2. The van der Waals surface area contributed by atoms with E-state index < -0.39 is 17.5 Å². The Labute approximate surface area is 123 Å². The minimum Gasteiger partial charge on any atom is -0.350 e. The first-order valence-corrected chi connectivity index (χ1v) is 7.01. The highest BCUT2D eigenvalue weighted by atomic mass is 32.1. The first kappa shape index (κ1) is 15.1. The summed E-state index contributed by atoms with van der Waals surface area (Å²) in [7, 11) is 0. The molecule has 4 nitrogen and oxygen atoms in total. The van der Waals surface area contributed by atoms with E-state index >= 15 is 0 Å². The van der Waals surface area contributed by atoms with E-state index in [1.807, 2.05) is 0 Å².